The fourth-order valence-electron chi connectivity index (χ4n) is 1.82. The SMILES string of the molecule is COC(=O)[C@@H]1c2ncccc2C[C@@H]1O. The maximum Gasteiger partial charge on any atom is 0.317 e. The largest absolute Gasteiger partial charge is 0.468 e. The summed E-state index contributed by atoms with van der Waals surface area (Å²) >= 11 is 0. The van der Waals surface area contributed by atoms with Gasteiger partial charge in [-0.1, -0.05) is 6.07 Å². The number of aromatic nitrogens is 1. The lowest BCUT2D eigenvalue weighted by Crippen LogP contribution is -2.23. The molecule has 1 aliphatic rings. The van der Waals surface area contributed by atoms with Crippen LogP contribution in [0.3, 0.4) is 0 Å². The van der Waals surface area contributed by atoms with Crippen LogP contribution in [0.2, 0.25) is 0 Å². The number of aliphatic hydroxyl groups is 1. The van der Waals surface area contributed by atoms with Crippen LogP contribution in [0.4, 0.5) is 0 Å². The van der Waals surface area contributed by atoms with Gasteiger partial charge in [0.25, 0.3) is 0 Å². The summed E-state index contributed by atoms with van der Waals surface area (Å²) in [5.74, 6) is -1.04. The van der Waals surface area contributed by atoms with Crippen molar-refractivity contribution in [2.75, 3.05) is 7.11 Å². The van der Waals surface area contributed by atoms with Crippen molar-refractivity contribution in [3.63, 3.8) is 0 Å². The Balaban J connectivity index is 2.39. The van der Waals surface area contributed by atoms with Crippen molar-refractivity contribution in [1.82, 2.24) is 4.98 Å². The molecule has 1 aliphatic carbocycles. The summed E-state index contributed by atoms with van der Waals surface area (Å²) in [6.07, 6.45) is 1.39. The Hall–Kier alpha value is -1.42. The second kappa shape index (κ2) is 3.38. The number of carbonyl (C=O) groups excluding carboxylic acids is 1. The number of hydrogen-bond donors (Lipinski definition) is 1. The van der Waals surface area contributed by atoms with Crippen LogP contribution in [0.5, 0.6) is 0 Å². The third-order valence-electron chi connectivity index (χ3n) is 2.49. The first-order valence-corrected chi connectivity index (χ1v) is 4.43. The topological polar surface area (TPSA) is 59.4 Å². The van der Waals surface area contributed by atoms with Gasteiger partial charge < -0.3 is 9.84 Å². The average Bonchev–Trinajstić information content (AvgIpc) is 2.53. The van der Waals surface area contributed by atoms with Crippen LogP contribution in [0.15, 0.2) is 18.3 Å². The molecule has 2 atom stereocenters. The molecule has 4 heteroatoms. The van der Waals surface area contributed by atoms with Crippen LogP contribution in [-0.4, -0.2) is 29.3 Å². The number of nitrogens with zero attached hydrogens (tertiary/aromatic N) is 1. The highest BCUT2D eigenvalue weighted by molar-refractivity contribution is 5.79. The molecule has 0 spiro atoms. The van der Waals surface area contributed by atoms with Gasteiger partial charge >= 0.3 is 5.97 Å². The standard InChI is InChI=1S/C10H11NO3/c1-14-10(13)8-7(12)5-6-3-2-4-11-9(6)8/h2-4,7-8,12H,5H2,1H3/t7-,8-/m0/s1. The van der Waals surface area contributed by atoms with Crippen molar-refractivity contribution in [3.8, 4) is 0 Å². The van der Waals surface area contributed by atoms with Gasteiger partial charge in [-0.3, -0.25) is 9.78 Å². The summed E-state index contributed by atoms with van der Waals surface area (Å²) in [5.41, 5.74) is 1.57. The predicted molar refractivity (Wildman–Crippen MR) is 48.7 cm³/mol. The van der Waals surface area contributed by atoms with Crippen molar-refractivity contribution in [3.05, 3.63) is 29.6 Å². The first-order chi connectivity index (χ1) is 6.74. The minimum absolute atomic E-state index is 0.421. The Bertz CT molecular complexity index is 364. The monoisotopic (exact) mass is 193 g/mol. The molecular weight excluding hydrogens is 182 g/mol. The maximum atomic E-state index is 11.4. The number of esters is 1. The quantitative estimate of drug-likeness (QED) is 0.650. The zero-order chi connectivity index (χ0) is 10.1. The lowest BCUT2D eigenvalue weighted by Gasteiger charge is -2.11. The van der Waals surface area contributed by atoms with Gasteiger partial charge in [0.1, 0.15) is 5.92 Å². The van der Waals surface area contributed by atoms with Crippen molar-refractivity contribution >= 4 is 5.97 Å². The fourth-order valence-corrected chi connectivity index (χ4v) is 1.82. The Morgan fingerprint density at radius 2 is 2.50 bits per heavy atom. The molecular formula is C10H11NO3. The van der Waals surface area contributed by atoms with E-state index in [1.165, 1.54) is 7.11 Å². The van der Waals surface area contributed by atoms with E-state index in [1.54, 1.807) is 12.3 Å². The van der Waals surface area contributed by atoms with Gasteiger partial charge in [0.05, 0.1) is 18.9 Å². The summed E-state index contributed by atoms with van der Waals surface area (Å²) in [4.78, 5) is 15.5. The number of pyridine rings is 1. The summed E-state index contributed by atoms with van der Waals surface area (Å²) in [6.45, 7) is 0. The smallest absolute Gasteiger partial charge is 0.317 e. The molecule has 0 amide bonds. The Kier molecular flexibility index (Phi) is 2.21. The molecule has 1 N–H and O–H groups in total. The molecule has 1 aromatic rings. The molecule has 1 aromatic heterocycles. The number of rotatable bonds is 1. The second-order valence-corrected chi connectivity index (χ2v) is 3.32. The molecule has 0 aromatic carbocycles. The van der Waals surface area contributed by atoms with E-state index in [9.17, 15) is 9.90 Å². The Labute approximate surface area is 81.5 Å². The molecule has 0 bridgehead atoms. The molecule has 0 saturated carbocycles. The number of ether oxygens (including phenoxy) is 1. The van der Waals surface area contributed by atoms with Gasteiger partial charge in [-0.05, 0) is 11.6 Å². The first kappa shape index (κ1) is 9.15. The minimum Gasteiger partial charge on any atom is -0.468 e. The normalized spacial score (nSPS) is 24.4. The summed E-state index contributed by atoms with van der Waals surface area (Å²) in [6, 6.07) is 3.67. The number of methoxy groups -OCH3 is 1. The van der Waals surface area contributed by atoms with Crippen LogP contribution in [-0.2, 0) is 16.0 Å². The fraction of sp³-hybridized carbons (Fsp3) is 0.400. The number of fused-ring (bicyclic) bond motifs is 1. The second-order valence-electron chi connectivity index (χ2n) is 3.32. The Morgan fingerprint density at radius 3 is 3.21 bits per heavy atom. The number of aliphatic hydroxyl groups excluding tert-OH is 1. The highest BCUT2D eigenvalue weighted by Gasteiger charge is 2.38. The Morgan fingerprint density at radius 1 is 1.71 bits per heavy atom. The third-order valence-corrected chi connectivity index (χ3v) is 2.49. The predicted octanol–water partition coefficient (Wildman–Crippen LogP) is 0.255. The van der Waals surface area contributed by atoms with Crippen LogP contribution >= 0.6 is 0 Å². The van der Waals surface area contributed by atoms with E-state index in [2.05, 4.69) is 9.72 Å². The molecule has 74 valence electrons. The molecule has 0 aliphatic heterocycles. The molecule has 4 nitrogen and oxygen atoms in total. The average molecular weight is 193 g/mol. The number of carbonyl (C=O) groups is 1. The first-order valence-electron chi connectivity index (χ1n) is 4.43. The maximum absolute atomic E-state index is 11.4. The van der Waals surface area contributed by atoms with Crippen LogP contribution in [0.25, 0.3) is 0 Å². The van der Waals surface area contributed by atoms with E-state index in [4.69, 9.17) is 0 Å². The molecule has 14 heavy (non-hydrogen) atoms. The summed E-state index contributed by atoms with van der Waals surface area (Å²) in [7, 11) is 1.32. The molecule has 0 radical (unpaired) electrons. The highest BCUT2D eigenvalue weighted by Crippen LogP contribution is 2.32. The van der Waals surface area contributed by atoms with Crippen LogP contribution < -0.4 is 0 Å². The van der Waals surface area contributed by atoms with Gasteiger partial charge in [-0.25, -0.2) is 0 Å². The van der Waals surface area contributed by atoms with Crippen molar-refractivity contribution in [2.24, 2.45) is 0 Å². The summed E-state index contributed by atoms with van der Waals surface area (Å²) in [5, 5.41) is 9.67. The highest BCUT2D eigenvalue weighted by atomic mass is 16.5. The minimum atomic E-state index is -0.702. The van der Waals surface area contributed by atoms with E-state index < -0.39 is 18.0 Å². The van der Waals surface area contributed by atoms with E-state index in [-0.39, 0.29) is 0 Å². The van der Waals surface area contributed by atoms with Gasteiger partial charge in [0, 0.05) is 12.6 Å². The van der Waals surface area contributed by atoms with Crippen LogP contribution in [0.1, 0.15) is 17.2 Å². The van der Waals surface area contributed by atoms with Crippen LogP contribution in [0, 0.1) is 0 Å². The van der Waals surface area contributed by atoms with E-state index in [0.29, 0.717) is 12.1 Å². The van der Waals surface area contributed by atoms with Gasteiger partial charge in [0.15, 0.2) is 0 Å². The number of hydrogen-bond acceptors (Lipinski definition) is 4. The zero-order valence-electron chi connectivity index (χ0n) is 7.80. The van der Waals surface area contributed by atoms with Crippen molar-refractivity contribution in [2.45, 2.75) is 18.4 Å². The van der Waals surface area contributed by atoms with E-state index in [0.717, 1.165) is 5.56 Å². The van der Waals surface area contributed by atoms with Crippen molar-refractivity contribution in [1.29, 1.82) is 0 Å². The molecule has 0 fully saturated rings. The van der Waals surface area contributed by atoms with Gasteiger partial charge in [0.2, 0.25) is 0 Å². The van der Waals surface area contributed by atoms with Gasteiger partial charge in [-0.2, -0.15) is 0 Å². The van der Waals surface area contributed by atoms with Crippen molar-refractivity contribution < 1.29 is 14.6 Å². The lowest BCUT2D eigenvalue weighted by molar-refractivity contribution is -0.144. The molecule has 0 saturated heterocycles. The third kappa shape index (κ3) is 1.28. The van der Waals surface area contributed by atoms with Gasteiger partial charge in [-0.15, -0.1) is 0 Å². The molecule has 1 heterocycles. The molecule has 2 rings (SSSR count). The lowest BCUT2D eigenvalue weighted by atomic mass is 10.1. The van der Waals surface area contributed by atoms with E-state index in [1.807, 2.05) is 6.07 Å². The summed E-state index contributed by atoms with van der Waals surface area (Å²) < 4.78 is 4.62. The molecule has 0 unspecified atom stereocenters. The van der Waals surface area contributed by atoms with E-state index >= 15 is 0 Å². The zero-order valence-corrected chi connectivity index (χ0v) is 7.80.